The number of ether oxygens (including phenoxy) is 1. The molecule has 3 heteroatoms. The molecule has 5 rings (SSSR count). The summed E-state index contributed by atoms with van der Waals surface area (Å²) >= 11 is 4.36. The van der Waals surface area contributed by atoms with E-state index in [9.17, 15) is 4.79 Å². The number of benzene rings is 1. The zero-order valence-corrected chi connectivity index (χ0v) is 18.2. The van der Waals surface area contributed by atoms with Crippen LogP contribution < -0.4 is 4.74 Å². The summed E-state index contributed by atoms with van der Waals surface area (Å²) < 4.78 is 6.24. The van der Waals surface area contributed by atoms with Gasteiger partial charge >= 0.3 is 0 Å². The van der Waals surface area contributed by atoms with Gasteiger partial charge in [-0.25, -0.2) is 0 Å². The van der Waals surface area contributed by atoms with Gasteiger partial charge in [-0.3, -0.25) is 4.79 Å². The maximum atomic E-state index is 12.9. The van der Waals surface area contributed by atoms with Gasteiger partial charge in [-0.1, -0.05) is 20.3 Å². The minimum atomic E-state index is -0.275. The fourth-order valence-corrected chi connectivity index (χ4v) is 8.01. The smallest absolute Gasteiger partial charge is 0.173 e. The second kappa shape index (κ2) is 6.79. The fraction of sp³-hybridized carbons (Fsp3) is 0.720. The van der Waals surface area contributed by atoms with Crippen molar-refractivity contribution < 1.29 is 9.53 Å². The molecule has 0 aromatic heterocycles. The lowest BCUT2D eigenvalue weighted by Gasteiger charge is -2.60. The number of rotatable bonds is 2. The Kier molecular flexibility index (Phi) is 4.61. The van der Waals surface area contributed by atoms with E-state index in [-0.39, 0.29) is 11.5 Å². The minimum absolute atomic E-state index is 0.259. The van der Waals surface area contributed by atoms with Gasteiger partial charge in [0.1, 0.15) is 5.75 Å². The number of carbonyl (C=O) groups is 1. The summed E-state index contributed by atoms with van der Waals surface area (Å²) in [6.07, 6.45) is 11.0. The largest absolute Gasteiger partial charge is 0.483 e. The van der Waals surface area contributed by atoms with Gasteiger partial charge < -0.3 is 4.74 Å². The SMILES string of the molecule is C[C@@]12CCC[C@H]1[C@@H]1CC[C@H]3CC(=O)C(Oc4ccc(S)cc4)C[C@]3(C)[C@H]1CC2. The van der Waals surface area contributed by atoms with Crippen LogP contribution in [0.4, 0.5) is 0 Å². The van der Waals surface area contributed by atoms with E-state index in [0.717, 1.165) is 41.2 Å². The van der Waals surface area contributed by atoms with E-state index >= 15 is 0 Å². The van der Waals surface area contributed by atoms with Crippen LogP contribution in [0.1, 0.15) is 71.6 Å². The van der Waals surface area contributed by atoms with Crippen molar-refractivity contribution in [3.63, 3.8) is 0 Å². The molecule has 0 N–H and O–H groups in total. The molecule has 0 amide bonds. The Morgan fingerprint density at radius 3 is 2.57 bits per heavy atom. The molecule has 4 fully saturated rings. The first kappa shape index (κ1) is 19.0. The van der Waals surface area contributed by atoms with Gasteiger partial charge in [0.15, 0.2) is 11.9 Å². The van der Waals surface area contributed by atoms with E-state index in [1.54, 1.807) is 0 Å². The number of ketones is 1. The molecule has 0 spiro atoms. The van der Waals surface area contributed by atoms with Gasteiger partial charge in [-0.2, -0.15) is 0 Å². The Morgan fingerprint density at radius 2 is 1.79 bits per heavy atom. The highest BCUT2D eigenvalue weighted by atomic mass is 32.1. The molecule has 7 atom stereocenters. The third kappa shape index (κ3) is 2.95. The zero-order valence-electron chi connectivity index (χ0n) is 17.3. The highest BCUT2D eigenvalue weighted by Gasteiger charge is 2.59. The maximum Gasteiger partial charge on any atom is 0.173 e. The topological polar surface area (TPSA) is 26.3 Å². The van der Waals surface area contributed by atoms with Crippen molar-refractivity contribution in [2.24, 2.45) is 34.5 Å². The Morgan fingerprint density at radius 1 is 1.00 bits per heavy atom. The Labute approximate surface area is 175 Å². The summed E-state index contributed by atoms with van der Waals surface area (Å²) in [4.78, 5) is 13.8. The maximum absolute atomic E-state index is 12.9. The third-order valence-corrected chi connectivity index (χ3v) is 9.69. The van der Waals surface area contributed by atoms with Crippen LogP contribution in [0.2, 0.25) is 0 Å². The second-order valence-corrected chi connectivity index (χ2v) is 11.2. The van der Waals surface area contributed by atoms with E-state index in [1.807, 2.05) is 24.3 Å². The van der Waals surface area contributed by atoms with Crippen molar-refractivity contribution in [3.8, 4) is 5.75 Å². The zero-order chi connectivity index (χ0) is 19.5. The Hall–Kier alpha value is -0.960. The molecule has 1 unspecified atom stereocenters. The molecule has 0 bridgehead atoms. The van der Waals surface area contributed by atoms with E-state index < -0.39 is 0 Å². The lowest BCUT2D eigenvalue weighted by Crippen LogP contribution is -2.56. The van der Waals surface area contributed by atoms with Crippen LogP contribution in [0.25, 0.3) is 0 Å². The lowest BCUT2D eigenvalue weighted by atomic mass is 9.45. The molecule has 28 heavy (non-hydrogen) atoms. The van der Waals surface area contributed by atoms with Crippen LogP contribution >= 0.6 is 12.6 Å². The fourth-order valence-electron chi connectivity index (χ4n) is 7.87. The Balaban J connectivity index is 1.39. The van der Waals surface area contributed by atoms with E-state index in [4.69, 9.17) is 4.74 Å². The number of hydrogen-bond donors (Lipinski definition) is 1. The first-order valence-electron chi connectivity index (χ1n) is 11.4. The summed E-state index contributed by atoms with van der Waals surface area (Å²) in [7, 11) is 0. The van der Waals surface area contributed by atoms with Gasteiger partial charge in [0.25, 0.3) is 0 Å². The standard InChI is InChI=1S/C25H34O2S/c1-24-12-3-4-20(24)19-10-5-16-14-22(26)23(15-25(16,2)21(19)11-13-24)27-17-6-8-18(28)9-7-17/h6-9,16,19-21,23,28H,3-5,10-15H2,1-2H3/t16-,19-,20-,21-,23?,24-,25-/m0/s1. The van der Waals surface area contributed by atoms with Crippen molar-refractivity contribution in [3.05, 3.63) is 24.3 Å². The van der Waals surface area contributed by atoms with Gasteiger partial charge in [0.05, 0.1) is 0 Å². The minimum Gasteiger partial charge on any atom is -0.483 e. The van der Waals surface area contributed by atoms with Crippen molar-refractivity contribution in [1.82, 2.24) is 0 Å². The number of fused-ring (bicyclic) bond motifs is 5. The first-order chi connectivity index (χ1) is 13.4. The van der Waals surface area contributed by atoms with Gasteiger partial charge in [-0.15, -0.1) is 12.6 Å². The van der Waals surface area contributed by atoms with Crippen LogP contribution in [0.15, 0.2) is 29.2 Å². The number of thiol groups is 1. The highest BCUT2D eigenvalue weighted by Crippen LogP contribution is 2.66. The van der Waals surface area contributed by atoms with Crippen LogP contribution in [0, 0.1) is 34.5 Å². The predicted molar refractivity (Wildman–Crippen MR) is 115 cm³/mol. The first-order valence-corrected chi connectivity index (χ1v) is 11.8. The quantitative estimate of drug-likeness (QED) is 0.589. The molecule has 0 heterocycles. The summed E-state index contributed by atoms with van der Waals surface area (Å²) in [6.45, 7) is 5.07. The normalized spacial score (nSPS) is 45.1. The molecular weight excluding hydrogens is 364 g/mol. The van der Waals surface area contributed by atoms with E-state index in [0.29, 0.717) is 17.1 Å². The summed E-state index contributed by atoms with van der Waals surface area (Å²) in [5, 5.41) is 0. The number of hydrogen-bond acceptors (Lipinski definition) is 3. The van der Waals surface area contributed by atoms with Crippen LogP contribution in [-0.2, 0) is 4.79 Å². The molecule has 152 valence electrons. The average Bonchev–Trinajstić information content (AvgIpc) is 3.06. The Bertz CT molecular complexity index is 758. The van der Waals surface area contributed by atoms with E-state index in [2.05, 4.69) is 26.5 Å². The monoisotopic (exact) mass is 398 g/mol. The molecule has 4 aliphatic carbocycles. The summed E-state index contributed by atoms with van der Waals surface area (Å²) in [5.74, 6) is 4.26. The molecule has 4 aliphatic rings. The number of carbonyl (C=O) groups excluding carboxylic acids is 1. The van der Waals surface area contributed by atoms with Crippen molar-refractivity contribution in [1.29, 1.82) is 0 Å². The van der Waals surface area contributed by atoms with Crippen LogP contribution in [0.5, 0.6) is 5.75 Å². The van der Waals surface area contributed by atoms with Gasteiger partial charge in [0, 0.05) is 11.3 Å². The third-order valence-electron chi connectivity index (χ3n) is 9.39. The molecule has 0 saturated heterocycles. The van der Waals surface area contributed by atoms with Crippen LogP contribution in [-0.4, -0.2) is 11.9 Å². The second-order valence-electron chi connectivity index (χ2n) is 10.7. The van der Waals surface area contributed by atoms with Gasteiger partial charge in [-0.05, 0) is 104 Å². The van der Waals surface area contributed by atoms with Crippen LogP contribution in [0.3, 0.4) is 0 Å². The van der Waals surface area contributed by atoms with Crippen molar-refractivity contribution in [2.75, 3.05) is 0 Å². The van der Waals surface area contributed by atoms with Gasteiger partial charge in [0.2, 0.25) is 0 Å². The predicted octanol–water partition coefficient (Wildman–Crippen LogP) is 6.33. The van der Waals surface area contributed by atoms with Crippen molar-refractivity contribution >= 4 is 18.4 Å². The molecule has 4 saturated carbocycles. The average molecular weight is 399 g/mol. The summed E-state index contributed by atoms with van der Waals surface area (Å²) in [5.41, 5.74) is 0.855. The highest BCUT2D eigenvalue weighted by molar-refractivity contribution is 7.80. The molecule has 0 radical (unpaired) electrons. The molecule has 2 nitrogen and oxygen atoms in total. The molecular formula is C25H34O2S. The van der Waals surface area contributed by atoms with Crippen molar-refractivity contribution in [2.45, 2.75) is 82.6 Å². The van der Waals surface area contributed by atoms with E-state index in [1.165, 1.54) is 44.9 Å². The molecule has 1 aromatic carbocycles. The lowest BCUT2D eigenvalue weighted by molar-refractivity contribution is -0.151. The summed E-state index contributed by atoms with van der Waals surface area (Å²) in [6, 6.07) is 7.76. The molecule has 1 aromatic rings. The number of Topliss-reactive ketones (excluding diaryl/α,β-unsaturated/α-hetero) is 1. The molecule has 0 aliphatic heterocycles.